The maximum Gasteiger partial charge on any atom is 0.240 e. The van der Waals surface area contributed by atoms with Crippen molar-refractivity contribution in [2.75, 3.05) is 26.7 Å². The van der Waals surface area contributed by atoms with E-state index in [2.05, 4.69) is 34.9 Å². The predicted molar refractivity (Wildman–Crippen MR) is 98.2 cm³/mol. The van der Waals surface area contributed by atoms with Crippen LogP contribution in [0.1, 0.15) is 25.5 Å². The van der Waals surface area contributed by atoms with Gasteiger partial charge in [-0.15, -0.1) is 0 Å². The molecule has 0 aliphatic carbocycles. The second-order valence-electron chi connectivity index (χ2n) is 5.32. The van der Waals surface area contributed by atoms with E-state index in [1.165, 1.54) is 0 Å². The molecule has 0 saturated heterocycles. The van der Waals surface area contributed by atoms with Crippen molar-refractivity contribution in [2.24, 2.45) is 0 Å². The first-order chi connectivity index (χ1) is 11.5. The highest BCUT2D eigenvalue weighted by Gasteiger charge is 2.22. The molecule has 5 nitrogen and oxygen atoms in total. The van der Waals surface area contributed by atoms with Gasteiger partial charge in [-0.1, -0.05) is 13.8 Å². The average Bonchev–Trinajstić information content (AvgIpc) is 3.13. The zero-order valence-corrected chi connectivity index (χ0v) is 15.9. The maximum absolute atomic E-state index is 12.5. The largest absolute Gasteiger partial charge is 0.497 e. The Labute approximate surface area is 148 Å². The van der Waals surface area contributed by atoms with Gasteiger partial charge in [-0.05, 0) is 59.7 Å². The molecule has 1 aromatic heterocycles. The second-order valence-corrected chi connectivity index (χ2v) is 7.87. The lowest BCUT2D eigenvalue weighted by molar-refractivity contribution is 0.220. The minimum atomic E-state index is -3.55. The van der Waals surface area contributed by atoms with E-state index in [0.29, 0.717) is 12.3 Å². The van der Waals surface area contributed by atoms with E-state index in [0.717, 1.165) is 18.7 Å². The standard InChI is InChI=1S/C17H24N2O3S2/c1-4-19(5-2)17(14-10-11-23-13-14)12-18-24(20,21)16-8-6-15(22-3)7-9-16/h6-11,13,17-18H,4-5,12H2,1-3H3/t17-/m1/s1. The Kier molecular flexibility index (Phi) is 6.79. The molecule has 132 valence electrons. The van der Waals surface area contributed by atoms with Crippen LogP contribution >= 0.6 is 11.3 Å². The van der Waals surface area contributed by atoms with Gasteiger partial charge >= 0.3 is 0 Å². The molecule has 0 radical (unpaired) electrons. The van der Waals surface area contributed by atoms with Crippen molar-refractivity contribution in [3.63, 3.8) is 0 Å². The van der Waals surface area contributed by atoms with Crippen LogP contribution in [0.5, 0.6) is 5.75 Å². The molecule has 1 N–H and O–H groups in total. The van der Waals surface area contributed by atoms with E-state index in [4.69, 9.17) is 4.74 Å². The molecule has 2 aromatic rings. The summed E-state index contributed by atoms with van der Waals surface area (Å²) in [4.78, 5) is 2.49. The number of nitrogens with zero attached hydrogens (tertiary/aromatic N) is 1. The number of sulfonamides is 1. The van der Waals surface area contributed by atoms with Gasteiger partial charge in [0, 0.05) is 12.6 Å². The van der Waals surface area contributed by atoms with Crippen molar-refractivity contribution >= 4 is 21.4 Å². The number of hydrogen-bond acceptors (Lipinski definition) is 5. The van der Waals surface area contributed by atoms with E-state index < -0.39 is 10.0 Å². The van der Waals surface area contributed by atoms with Crippen LogP contribution in [0.25, 0.3) is 0 Å². The Morgan fingerprint density at radius 2 is 1.83 bits per heavy atom. The summed E-state index contributed by atoms with van der Waals surface area (Å²) in [5.41, 5.74) is 1.14. The van der Waals surface area contributed by atoms with Crippen molar-refractivity contribution < 1.29 is 13.2 Å². The average molecular weight is 369 g/mol. The molecule has 1 heterocycles. The van der Waals surface area contributed by atoms with E-state index in [9.17, 15) is 8.42 Å². The summed E-state index contributed by atoms with van der Waals surface area (Å²) in [5.74, 6) is 0.633. The molecule has 1 aromatic carbocycles. The third-order valence-electron chi connectivity index (χ3n) is 4.02. The summed E-state index contributed by atoms with van der Waals surface area (Å²) in [6.07, 6.45) is 0. The molecular weight excluding hydrogens is 344 g/mol. The normalized spacial score (nSPS) is 13.2. The fourth-order valence-corrected chi connectivity index (χ4v) is 4.36. The fourth-order valence-electron chi connectivity index (χ4n) is 2.61. The van der Waals surface area contributed by atoms with Crippen molar-refractivity contribution in [2.45, 2.75) is 24.8 Å². The Morgan fingerprint density at radius 1 is 1.17 bits per heavy atom. The summed E-state index contributed by atoms with van der Waals surface area (Å²) in [6, 6.07) is 8.48. The number of benzene rings is 1. The highest BCUT2D eigenvalue weighted by molar-refractivity contribution is 7.89. The van der Waals surface area contributed by atoms with Gasteiger partial charge in [0.1, 0.15) is 5.75 Å². The first-order valence-corrected chi connectivity index (χ1v) is 10.3. The maximum atomic E-state index is 12.5. The molecule has 7 heteroatoms. The van der Waals surface area contributed by atoms with Crippen LogP contribution in [0.4, 0.5) is 0 Å². The van der Waals surface area contributed by atoms with Crippen LogP contribution in [0, 0.1) is 0 Å². The molecule has 0 fully saturated rings. The molecule has 0 amide bonds. The van der Waals surface area contributed by atoms with Gasteiger partial charge in [0.2, 0.25) is 10.0 Å². The zero-order valence-electron chi connectivity index (χ0n) is 14.2. The molecule has 1 atom stereocenters. The molecular formula is C17H24N2O3S2. The molecule has 24 heavy (non-hydrogen) atoms. The van der Waals surface area contributed by atoms with Gasteiger partial charge in [-0.25, -0.2) is 13.1 Å². The first-order valence-electron chi connectivity index (χ1n) is 7.91. The Bertz CT molecular complexity index is 709. The van der Waals surface area contributed by atoms with Crippen LogP contribution < -0.4 is 9.46 Å². The second kappa shape index (κ2) is 8.62. The minimum Gasteiger partial charge on any atom is -0.497 e. The SMILES string of the molecule is CCN(CC)[C@H](CNS(=O)(=O)c1ccc(OC)cc1)c1ccsc1. The third kappa shape index (κ3) is 4.57. The van der Waals surface area contributed by atoms with Gasteiger partial charge in [0.05, 0.1) is 12.0 Å². The van der Waals surface area contributed by atoms with Crippen molar-refractivity contribution in [1.82, 2.24) is 9.62 Å². The number of thiophene rings is 1. The quantitative estimate of drug-likeness (QED) is 0.739. The van der Waals surface area contributed by atoms with Crippen LogP contribution in [0.15, 0.2) is 46.0 Å². The molecule has 0 aliphatic heterocycles. The number of rotatable bonds is 9. The van der Waals surface area contributed by atoms with Crippen molar-refractivity contribution in [3.8, 4) is 5.75 Å². The van der Waals surface area contributed by atoms with E-state index in [1.54, 1.807) is 42.7 Å². The van der Waals surface area contributed by atoms with Crippen LogP contribution in [-0.2, 0) is 10.0 Å². The summed E-state index contributed by atoms with van der Waals surface area (Å²) in [6.45, 7) is 6.23. The van der Waals surface area contributed by atoms with Crippen molar-refractivity contribution in [1.29, 1.82) is 0 Å². The van der Waals surface area contributed by atoms with Crippen LogP contribution in [0.2, 0.25) is 0 Å². The number of likely N-dealkylation sites (N-methyl/N-ethyl adjacent to an activating group) is 1. The van der Waals surface area contributed by atoms with Gasteiger partial charge in [0.25, 0.3) is 0 Å². The number of methoxy groups -OCH3 is 1. The monoisotopic (exact) mass is 368 g/mol. The zero-order chi connectivity index (χ0) is 17.6. The molecule has 0 bridgehead atoms. The summed E-state index contributed by atoms with van der Waals surface area (Å²) >= 11 is 1.62. The highest BCUT2D eigenvalue weighted by Crippen LogP contribution is 2.23. The molecule has 0 spiro atoms. The predicted octanol–water partition coefficient (Wildman–Crippen LogP) is 3.12. The number of hydrogen-bond donors (Lipinski definition) is 1. The third-order valence-corrected chi connectivity index (χ3v) is 6.16. The Hall–Kier alpha value is -1.41. The van der Waals surface area contributed by atoms with Gasteiger partial charge < -0.3 is 4.74 Å². The van der Waals surface area contributed by atoms with Gasteiger partial charge in [-0.2, -0.15) is 11.3 Å². The smallest absolute Gasteiger partial charge is 0.240 e. The first kappa shape index (κ1) is 18.9. The summed E-state index contributed by atoms with van der Waals surface area (Å²) in [5, 5.41) is 4.09. The number of ether oxygens (including phenoxy) is 1. The topological polar surface area (TPSA) is 58.6 Å². The van der Waals surface area contributed by atoms with Crippen molar-refractivity contribution in [3.05, 3.63) is 46.7 Å². The van der Waals surface area contributed by atoms with Gasteiger partial charge in [0.15, 0.2) is 0 Å². The molecule has 2 rings (SSSR count). The van der Waals surface area contributed by atoms with Gasteiger partial charge in [-0.3, -0.25) is 4.90 Å². The Morgan fingerprint density at radius 3 is 2.33 bits per heavy atom. The summed E-state index contributed by atoms with van der Waals surface area (Å²) < 4.78 is 32.9. The minimum absolute atomic E-state index is 0.0271. The summed E-state index contributed by atoms with van der Waals surface area (Å²) in [7, 11) is -2.00. The Balaban J connectivity index is 2.14. The number of nitrogens with one attached hydrogen (secondary N) is 1. The van der Waals surface area contributed by atoms with E-state index >= 15 is 0 Å². The highest BCUT2D eigenvalue weighted by atomic mass is 32.2. The lowest BCUT2D eigenvalue weighted by Gasteiger charge is -2.29. The van der Waals surface area contributed by atoms with Crippen LogP contribution in [0.3, 0.4) is 0 Å². The van der Waals surface area contributed by atoms with E-state index in [-0.39, 0.29) is 10.9 Å². The lowest BCUT2D eigenvalue weighted by atomic mass is 10.1. The fraction of sp³-hybridized carbons (Fsp3) is 0.412. The molecule has 0 unspecified atom stereocenters. The lowest BCUT2D eigenvalue weighted by Crippen LogP contribution is -2.37. The van der Waals surface area contributed by atoms with E-state index in [1.807, 2.05) is 5.38 Å². The molecule has 0 saturated carbocycles. The molecule has 0 aliphatic rings. The van der Waals surface area contributed by atoms with Crippen LogP contribution in [-0.4, -0.2) is 40.1 Å².